The zero-order chi connectivity index (χ0) is 18.8. The highest BCUT2D eigenvalue weighted by molar-refractivity contribution is 6.00. The molecule has 1 amide bonds. The lowest BCUT2D eigenvalue weighted by molar-refractivity contribution is 0.0941. The highest BCUT2D eigenvalue weighted by Gasteiger charge is 2.18. The van der Waals surface area contributed by atoms with Crippen LogP contribution in [0.1, 0.15) is 28.9 Å². The molecule has 4 aromatic rings. The minimum absolute atomic E-state index is 0.145. The topological polar surface area (TPSA) is 59.3 Å². The summed E-state index contributed by atoms with van der Waals surface area (Å²) in [5, 5.41) is 7.29. The number of nitrogens with zero attached hydrogens (tertiary/aromatic N) is 3. The van der Waals surface area contributed by atoms with E-state index in [-0.39, 0.29) is 17.8 Å². The lowest BCUT2D eigenvalue weighted by atomic mass is 10.1. The van der Waals surface area contributed by atoms with Crippen LogP contribution in [0.15, 0.2) is 73.1 Å². The van der Waals surface area contributed by atoms with Crippen molar-refractivity contribution in [2.45, 2.75) is 13.0 Å². The maximum absolute atomic E-state index is 13.2. The van der Waals surface area contributed by atoms with E-state index in [1.54, 1.807) is 28.9 Å². The molecule has 4 rings (SSSR count). The van der Waals surface area contributed by atoms with Crippen molar-refractivity contribution in [3.8, 4) is 11.3 Å². The minimum atomic E-state index is -0.306. The van der Waals surface area contributed by atoms with E-state index in [2.05, 4.69) is 15.4 Å². The van der Waals surface area contributed by atoms with Gasteiger partial charge in [-0.2, -0.15) is 5.10 Å². The largest absolute Gasteiger partial charge is 0.345 e. The van der Waals surface area contributed by atoms with E-state index in [0.29, 0.717) is 11.2 Å². The third kappa shape index (κ3) is 3.29. The highest BCUT2D eigenvalue weighted by atomic mass is 19.1. The number of aromatic nitrogens is 3. The van der Waals surface area contributed by atoms with Gasteiger partial charge in [0, 0.05) is 11.8 Å². The molecule has 2 heterocycles. The van der Waals surface area contributed by atoms with E-state index in [4.69, 9.17) is 0 Å². The Hall–Kier alpha value is -3.54. The number of carbonyl (C=O) groups excluding carboxylic acids is 1. The van der Waals surface area contributed by atoms with Crippen LogP contribution in [0.3, 0.4) is 0 Å². The van der Waals surface area contributed by atoms with E-state index in [9.17, 15) is 9.18 Å². The van der Waals surface area contributed by atoms with E-state index < -0.39 is 0 Å². The normalized spacial score (nSPS) is 12.1. The number of nitrogens with one attached hydrogen (secondary N) is 1. The van der Waals surface area contributed by atoms with Crippen molar-refractivity contribution in [2.75, 3.05) is 0 Å². The van der Waals surface area contributed by atoms with Crippen molar-refractivity contribution in [1.82, 2.24) is 19.9 Å². The van der Waals surface area contributed by atoms with Gasteiger partial charge in [0.25, 0.3) is 5.91 Å². The minimum Gasteiger partial charge on any atom is -0.345 e. The van der Waals surface area contributed by atoms with Crippen molar-refractivity contribution < 1.29 is 9.18 Å². The fraction of sp³-hybridized carbons (Fsp3) is 0.0952. The fourth-order valence-corrected chi connectivity index (χ4v) is 2.99. The molecule has 0 saturated heterocycles. The Bertz CT molecular complexity index is 1090. The summed E-state index contributed by atoms with van der Waals surface area (Å²) < 4.78 is 14.8. The lowest BCUT2D eigenvalue weighted by Gasteiger charge is -2.13. The standard InChI is InChI=1S/C21H17FN4O/c1-14(15-5-3-2-4-6-15)25-21(27)18-13-24-26-19(11-12-23-20(18)26)16-7-9-17(22)10-8-16/h2-14H,1H3,(H,25,27)/t14-/m1/s1. The monoisotopic (exact) mass is 360 g/mol. The molecule has 0 unspecified atom stereocenters. The molecule has 0 bridgehead atoms. The number of hydrogen-bond acceptors (Lipinski definition) is 3. The van der Waals surface area contributed by atoms with Crippen molar-refractivity contribution in [1.29, 1.82) is 0 Å². The van der Waals surface area contributed by atoms with Crippen LogP contribution in [0.4, 0.5) is 4.39 Å². The number of amides is 1. The average molecular weight is 360 g/mol. The average Bonchev–Trinajstić information content (AvgIpc) is 3.13. The summed E-state index contributed by atoms with van der Waals surface area (Å²) in [6.07, 6.45) is 3.12. The van der Waals surface area contributed by atoms with Gasteiger partial charge in [-0.15, -0.1) is 0 Å². The van der Waals surface area contributed by atoms with Gasteiger partial charge < -0.3 is 5.32 Å². The van der Waals surface area contributed by atoms with Crippen molar-refractivity contribution in [2.24, 2.45) is 0 Å². The molecule has 0 radical (unpaired) electrons. The molecule has 1 atom stereocenters. The second kappa shape index (κ2) is 6.99. The van der Waals surface area contributed by atoms with Crippen molar-refractivity contribution >= 4 is 11.6 Å². The molecule has 134 valence electrons. The Morgan fingerprint density at radius 3 is 2.56 bits per heavy atom. The zero-order valence-corrected chi connectivity index (χ0v) is 14.6. The van der Waals surface area contributed by atoms with Gasteiger partial charge in [0.2, 0.25) is 0 Å². The number of halogens is 1. The number of benzene rings is 2. The van der Waals surface area contributed by atoms with Crippen LogP contribution in [0.2, 0.25) is 0 Å². The molecular weight excluding hydrogens is 343 g/mol. The molecule has 0 saturated carbocycles. The fourth-order valence-electron chi connectivity index (χ4n) is 2.99. The van der Waals surface area contributed by atoms with Gasteiger partial charge in [0.1, 0.15) is 11.4 Å². The summed E-state index contributed by atoms with van der Waals surface area (Å²) in [6.45, 7) is 1.93. The number of fused-ring (bicyclic) bond motifs is 1. The van der Waals surface area contributed by atoms with E-state index in [0.717, 1.165) is 16.8 Å². The summed E-state index contributed by atoms with van der Waals surface area (Å²) in [5.41, 5.74) is 3.38. The van der Waals surface area contributed by atoms with Crippen molar-refractivity contribution in [3.05, 3.63) is 90.0 Å². The zero-order valence-electron chi connectivity index (χ0n) is 14.6. The van der Waals surface area contributed by atoms with Crippen LogP contribution < -0.4 is 5.32 Å². The Labute approximate surface area is 155 Å². The molecule has 0 aliphatic rings. The van der Waals surface area contributed by atoms with E-state index >= 15 is 0 Å². The highest BCUT2D eigenvalue weighted by Crippen LogP contribution is 2.22. The quantitative estimate of drug-likeness (QED) is 0.598. The molecule has 2 aromatic carbocycles. The smallest absolute Gasteiger partial charge is 0.257 e. The van der Waals surface area contributed by atoms with Gasteiger partial charge in [-0.05, 0) is 42.8 Å². The predicted molar refractivity (Wildman–Crippen MR) is 101 cm³/mol. The number of hydrogen-bond donors (Lipinski definition) is 1. The number of carbonyl (C=O) groups is 1. The summed E-state index contributed by atoms with van der Waals surface area (Å²) in [6, 6.07) is 17.5. The predicted octanol–water partition coefficient (Wildman–Crippen LogP) is 4.03. The van der Waals surface area contributed by atoms with Gasteiger partial charge in [-0.1, -0.05) is 30.3 Å². The van der Waals surface area contributed by atoms with Gasteiger partial charge in [-0.3, -0.25) is 4.79 Å². The van der Waals surface area contributed by atoms with Crippen LogP contribution >= 0.6 is 0 Å². The summed E-state index contributed by atoms with van der Waals surface area (Å²) in [5.74, 6) is -0.551. The molecule has 0 aliphatic heterocycles. The summed E-state index contributed by atoms with van der Waals surface area (Å²) in [7, 11) is 0. The third-order valence-corrected chi connectivity index (χ3v) is 4.43. The first-order chi connectivity index (χ1) is 13.1. The molecule has 0 fully saturated rings. The molecule has 5 nitrogen and oxygen atoms in total. The van der Waals surface area contributed by atoms with Gasteiger partial charge >= 0.3 is 0 Å². The molecule has 27 heavy (non-hydrogen) atoms. The first-order valence-electron chi connectivity index (χ1n) is 8.58. The van der Waals surface area contributed by atoms with Gasteiger partial charge in [0.15, 0.2) is 5.65 Å². The van der Waals surface area contributed by atoms with Crippen LogP contribution in [0.5, 0.6) is 0 Å². The first kappa shape index (κ1) is 16.9. The first-order valence-corrected chi connectivity index (χ1v) is 8.58. The molecular formula is C21H17FN4O. The van der Waals surface area contributed by atoms with Gasteiger partial charge in [-0.25, -0.2) is 13.9 Å². The van der Waals surface area contributed by atoms with E-state index in [1.165, 1.54) is 18.3 Å². The van der Waals surface area contributed by atoms with Gasteiger partial charge in [0.05, 0.1) is 17.9 Å². The lowest BCUT2D eigenvalue weighted by Crippen LogP contribution is -2.26. The third-order valence-electron chi connectivity index (χ3n) is 4.43. The van der Waals surface area contributed by atoms with E-state index in [1.807, 2.05) is 37.3 Å². The van der Waals surface area contributed by atoms with Crippen LogP contribution in [-0.2, 0) is 0 Å². The van der Waals surface area contributed by atoms with Crippen LogP contribution in [0.25, 0.3) is 16.9 Å². The molecule has 0 spiro atoms. The Balaban J connectivity index is 1.66. The molecule has 1 N–H and O–H groups in total. The molecule has 6 heteroatoms. The number of rotatable bonds is 4. The Kier molecular flexibility index (Phi) is 4.38. The maximum atomic E-state index is 13.2. The summed E-state index contributed by atoms with van der Waals surface area (Å²) >= 11 is 0. The SMILES string of the molecule is C[C@@H](NC(=O)c1cnn2c(-c3ccc(F)cc3)ccnc12)c1ccccc1. The Morgan fingerprint density at radius 1 is 1.07 bits per heavy atom. The second-order valence-electron chi connectivity index (χ2n) is 6.24. The summed E-state index contributed by atoms with van der Waals surface area (Å²) in [4.78, 5) is 17.1. The Morgan fingerprint density at radius 2 is 1.81 bits per heavy atom. The van der Waals surface area contributed by atoms with Crippen LogP contribution in [-0.4, -0.2) is 20.5 Å². The van der Waals surface area contributed by atoms with Crippen LogP contribution in [0, 0.1) is 5.82 Å². The molecule has 0 aliphatic carbocycles. The molecule has 2 aromatic heterocycles. The van der Waals surface area contributed by atoms with Crippen molar-refractivity contribution in [3.63, 3.8) is 0 Å². The second-order valence-corrected chi connectivity index (χ2v) is 6.24. The maximum Gasteiger partial charge on any atom is 0.257 e.